The maximum atomic E-state index is 11.3. The van der Waals surface area contributed by atoms with E-state index in [-0.39, 0.29) is 5.91 Å². The summed E-state index contributed by atoms with van der Waals surface area (Å²) in [4.78, 5) is 11.3. The fraction of sp³-hybridized carbons (Fsp3) is 0.381. The molecule has 0 spiro atoms. The Hall–Kier alpha value is -2.25. The third-order valence-electron chi connectivity index (χ3n) is 4.81. The van der Waals surface area contributed by atoms with E-state index in [1.165, 1.54) is 18.1 Å². The first kappa shape index (κ1) is 20.5. The van der Waals surface area contributed by atoms with Gasteiger partial charge in [0.1, 0.15) is 11.5 Å². The van der Waals surface area contributed by atoms with Gasteiger partial charge >= 0.3 is 0 Å². The Kier molecular flexibility index (Phi) is 6.80. The van der Waals surface area contributed by atoms with Gasteiger partial charge in [0.2, 0.25) is 5.91 Å². The fourth-order valence-corrected chi connectivity index (χ4v) is 3.95. The standard InChI is InChI=1S/C21H26BrN3O3/c1-13(26)25-21-8-14-4-5-20(18(14)12-19(21)22)24-7-6-23-15-9-16(27-2)11-17(10-15)28-3/h8-12,20,23-24H,4-7H2,1-3H3,(H,25,26). The molecule has 1 aliphatic rings. The summed E-state index contributed by atoms with van der Waals surface area (Å²) < 4.78 is 11.5. The minimum absolute atomic E-state index is 0.0615. The molecule has 28 heavy (non-hydrogen) atoms. The molecule has 0 heterocycles. The number of rotatable bonds is 8. The Morgan fingerprint density at radius 2 is 1.82 bits per heavy atom. The molecule has 3 N–H and O–H groups in total. The lowest BCUT2D eigenvalue weighted by Gasteiger charge is -2.16. The van der Waals surface area contributed by atoms with Crippen molar-refractivity contribution in [2.24, 2.45) is 0 Å². The highest BCUT2D eigenvalue weighted by Crippen LogP contribution is 2.37. The normalized spacial score (nSPS) is 15.1. The van der Waals surface area contributed by atoms with Gasteiger partial charge in [-0.2, -0.15) is 0 Å². The number of hydrogen-bond donors (Lipinski definition) is 3. The number of hydrogen-bond acceptors (Lipinski definition) is 5. The van der Waals surface area contributed by atoms with Crippen LogP contribution in [0, 0.1) is 0 Å². The van der Waals surface area contributed by atoms with Gasteiger partial charge in [0.25, 0.3) is 0 Å². The first-order valence-corrected chi connectivity index (χ1v) is 10.1. The van der Waals surface area contributed by atoms with Gasteiger partial charge in [-0.25, -0.2) is 0 Å². The molecular formula is C21H26BrN3O3. The van der Waals surface area contributed by atoms with Crippen molar-refractivity contribution in [3.05, 3.63) is 45.9 Å². The average Bonchev–Trinajstić information content (AvgIpc) is 3.06. The predicted octanol–water partition coefficient (Wildman–Crippen LogP) is 4.11. The number of anilines is 2. The zero-order valence-corrected chi connectivity index (χ0v) is 18.0. The summed E-state index contributed by atoms with van der Waals surface area (Å²) in [5, 5.41) is 9.89. The number of halogens is 1. The van der Waals surface area contributed by atoms with Crippen molar-refractivity contribution in [3.8, 4) is 11.5 Å². The topological polar surface area (TPSA) is 71.6 Å². The number of benzene rings is 2. The molecule has 0 bridgehead atoms. The van der Waals surface area contributed by atoms with Crippen LogP contribution in [0.4, 0.5) is 11.4 Å². The molecule has 0 fully saturated rings. The molecule has 0 saturated heterocycles. The molecule has 0 saturated carbocycles. The van der Waals surface area contributed by atoms with Crippen LogP contribution >= 0.6 is 15.9 Å². The van der Waals surface area contributed by atoms with Crippen LogP contribution in [-0.4, -0.2) is 33.2 Å². The summed E-state index contributed by atoms with van der Waals surface area (Å²) in [5.74, 6) is 1.47. The molecule has 3 rings (SSSR count). The van der Waals surface area contributed by atoms with Crippen molar-refractivity contribution in [2.45, 2.75) is 25.8 Å². The first-order chi connectivity index (χ1) is 13.5. The second kappa shape index (κ2) is 9.30. The van der Waals surface area contributed by atoms with Crippen molar-refractivity contribution in [3.63, 3.8) is 0 Å². The average molecular weight is 448 g/mol. The van der Waals surface area contributed by atoms with E-state index in [1.54, 1.807) is 14.2 Å². The highest BCUT2D eigenvalue weighted by molar-refractivity contribution is 9.10. The van der Waals surface area contributed by atoms with E-state index in [0.717, 1.165) is 53.3 Å². The summed E-state index contributed by atoms with van der Waals surface area (Å²) in [6, 6.07) is 10.3. The van der Waals surface area contributed by atoms with Crippen LogP contribution in [0.5, 0.6) is 11.5 Å². The Bertz CT molecular complexity index is 835. The van der Waals surface area contributed by atoms with Crippen LogP contribution in [0.25, 0.3) is 0 Å². The molecule has 2 aromatic carbocycles. The van der Waals surface area contributed by atoms with Crippen molar-refractivity contribution >= 4 is 33.2 Å². The Balaban J connectivity index is 1.56. The molecule has 7 heteroatoms. The van der Waals surface area contributed by atoms with Crippen LogP contribution in [0.3, 0.4) is 0 Å². The minimum Gasteiger partial charge on any atom is -0.497 e. The molecule has 1 amide bonds. The molecular weight excluding hydrogens is 422 g/mol. The van der Waals surface area contributed by atoms with Crippen LogP contribution in [-0.2, 0) is 11.2 Å². The van der Waals surface area contributed by atoms with E-state index >= 15 is 0 Å². The van der Waals surface area contributed by atoms with Gasteiger partial charge in [0.15, 0.2) is 0 Å². The maximum Gasteiger partial charge on any atom is 0.221 e. The van der Waals surface area contributed by atoms with Gasteiger partial charge < -0.3 is 25.4 Å². The second-order valence-electron chi connectivity index (χ2n) is 6.79. The lowest BCUT2D eigenvalue weighted by molar-refractivity contribution is -0.114. The van der Waals surface area contributed by atoms with E-state index in [1.807, 2.05) is 18.2 Å². The van der Waals surface area contributed by atoms with E-state index in [0.29, 0.717) is 6.04 Å². The number of carbonyl (C=O) groups excluding carboxylic acids is 1. The number of carbonyl (C=O) groups is 1. The number of aryl methyl sites for hydroxylation is 1. The van der Waals surface area contributed by atoms with Crippen LogP contribution in [0.2, 0.25) is 0 Å². The number of fused-ring (bicyclic) bond motifs is 1. The molecule has 1 unspecified atom stereocenters. The fourth-order valence-electron chi connectivity index (χ4n) is 3.49. The molecule has 0 radical (unpaired) electrons. The summed E-state index contributed by atoms with van der Waals surface area (Å²) in [7, 11) is 3.29. The van der Waals surface area contributed by atoms with Crippen molar-refractivity contribution in [2.75, 3.05) is 37.9 Å². The molecule has 1 aliphatic carbocycles. The Morgan fingerprint density at radius 1 is 1.11 bits per heavy atom. The van der Waals surface area contributed by atoms with Crippen molar-refractivity contribution < 1.29 is 14.3 Å². The number of methoxy groups -OCH3 is 2. The zero-order chi connectivity index (χ0) is 20.1. The third kappa shape index (κ3) is 4.97. The maximum absolute atomic E-state index is 11.3. The van der Waals surface area contributed by atoms with Crippen molar-refractivity contribution in [1.82, 2.24) is 5.32 Å². The molecule has 0 aromatic heterocycles. The van der Waals surface area contributed by atoms with E-state index in [2.05, 4.69) is 44.0 Å². The summed E-state index contributed by atoms with van der Waals surface area (Å²) in [6.45, 7) is 3.14. The Morgan fingerprint density at radius 3 is 2.46 bits per heavy atom. The molecule has 0 aliphatic heterocycles. The van der Waals surface area contributed by atoms with E-state index < -0.39 is 0 Å². The largest absolute Gasteiger partial charge is 0.497 e. The zero-order valence-electron chi connectivity index (χ0n) is 16.4. The molecule has 150 valence electrons. The predicted molar refractivity (Wildman–Crippen MR) is 116 cm³/mol. The summed E-state index contributed by atoms with van der Waals surface area (Å²) in [5.41, 5.74) is 4.38. The minimum atomic E-state index is -0.0615. The second-order valence-corrected chi connectivity index (χ2v) is 7.64. The van der Waals surface area contributed by atoms with Gasteiger partial charge in [0, 0.05) is 54.4 Å². The Labute approximate surface area is 174 Å². The first-order valence-electron chi connectivity index (χ1n) is 9.30. The smallest absolute Gasteiger partial charge is 0.221 e. The summed E-state index contributed by atoms with van der Waals surface area (Å²) in [6.07, 6.45) is 2.06. The van der Waals surface area contributed by atoms with Crippen LogP contribution in [0.15, 0.2) is 34.8 Å². The van der Waals surface area contributed by atoms with Gasteiger partial charge in [-0.15, -0.1) is 0 Å². The number of amides is 1. The number of ether oxygens (including phenoxy) is 2. The van der Waals surface area contributed by atoms with E-state index in [9.17, 15) is 4.79 Å². The lowest BCUT2D eigenvalue weighted by Crippen LogP contribution is -2.25. The monoisotopic (exact) mass is 447 g/mol. The number of nitrogens with one attached hydrogen (secondary N) is 3. The van der Waals surface area contributed by atoms with Gasteiger partial charge in [-0.3, -0.25) is 4.79 Å². The van der Waals surface area contributed by atoms with Crippen LogP contribution < -0.4 is 25.4 Å². The van der Waals surface area contributed by atoms with Crippen LogP contribution in [0.1, 0.15) is 30.5 Å². The molecule has 6 nitrogen and oxygen atoms in total. The van der Waals surface area contributed by atoms with E-state index in [4.69, 9.17) is 9.47 Å². The highest BCUT2D eigenvalue weighted by atomic mass is 79.9. The lowest BCUT2D eigenvalue weighted by atomic mass is 10.1. The molecule has 1 atom stereocenters. The van der Waals surface area contributed by atoms with Crippen molar-refractivity contribution in [1.29, 1.82) is 0 Å². The van der Waals surface area contributed by atoms with Gasteiger partial charge in [-0.05, 0) is 52.0 Å². The SMILES string of the molecule is COc1cc(NCCNC2CCc3cc(NC(C)=O)c(Br)cc32)cc(OC)c1. The third-order valence-corrected chi connectivity index (χ3v) is 5.47. The van der Waals surface area contributed by atoms with Gasteiger partial charge in [-0.1, -0.05) is 0 Å². The summed E-state index contributed by atoms with van der Waals surface area (Å²) >= 11 is 3.57. The van der Waals surface area contributed by atoms with Gasteiger partial charge in [0.05, 0.1) is 19.9 Å². The molecule has 2 aromatic rings. The highest BCUT2D eigenvalue weighted by Gasteiger charge is 2.23. The quantitative estimate of drug-likeness (QED) is 0.531.